The average Bonchev–Trinajstić information content (AvgIpc) is 2.58. The standard InChI is InChI=1S/C19H33F3O2/c1-2-3-4-5-10-24-17-9-7-13(11-16(17)20)15-8-6-14(12-23)18(21)19(15)22/h13-19,23H,2-12H2,1H3. The Balaban J connectivity index is 1.76. The van der Waals surface area contributed by atoms with Gasteiger partial charge in [-0.15, -0.1) is 0 Å². The molecule has 5 heteroatoms. The van der Waals surface area contributed by atoms with Crippen molar-refractivity contribution in [1.29, 1.82) is 0 Å². The predicted molar refractivity (Wildman–Crippen MR) is 89.2 cm³/mol. The van der Waals surface area contributed by atoms with Gasteiger partial charge in [-0.1, -0.05) is 26.2 Å². The van der Waals surface area contributed by atoms with Crippen LogP contribution in [0, 0.1) is 17.8 Å². The summed E-state index contributed by atoms with van der Waals surface area (Å²) in [5.41, 5.74) is 0. The van der Waals surface area contributed by atoms with Crippen LogP contribution in [-0.4, -0.2) is 42.9 Å². The molecule has 7 atom stereocenters. The monoisotopic (exact) mass is 350 g/mol. The number of ether oxygens (including phenoxy) is 1. The molecule has 0 aromatic heterocycles. The Labute approximate surface area is 144 Å². The van der Waals surface area contributed by atoms with E-state index in [4.69, 9.17) is 9.84 Å². The number of unbranched alkanes of at least 4 members (excludes halogenated alkanes) is 3. The zero-order valence-corrected chi connectivity index (χ0v) is 14.8. The van der Waals surface area contributed by atoms with E-state index in [-0.39, 0.29) is 25.0 Å². The lowest BCUT2D eigenvalue weighted by Gasteiger charge is -2.41. The molecule has 0 radical (unpaired) electrons. The minimum Gasteiger partial charge on any atom is -0.396 e. The van der Waals surface area contributed by atoms with E-state index in [1.54, 1.807) is 0 Å². The molecular weight excluding hydrogens is 317 g/mol. The van der Waals surface area contributed by atoms with Crippen molar-refractivity contribution in [3.8, 4) is 0 Å². The fourth-order valence-electron chi connectivity index (χ4n) is 4.37. The minimum atomic E-state index is -1.61. The van der Waals surface area contributed by atoms with Gasteiger partial charge in [-0.3, -0.25) is 0 Å². The summed E-state index contributed by atoms with van der Waals surface area (Å²) >= 11 is 0. The zero-order valence-electron chi connectivity index (χ0n) is 14.8. The molecule has 2 aliphatic carbocycles. The second-order valence-corrected chi connectivity index (χ2v) is 7.63. The maximum Gasteiger partial charge on any atom is 0.136 e. The smallest absolute Gasteiger partial charge is 0.136 e. The first-order valence-electron chi connectivity index (χ1n) is 9.73. The van der Waals surface area contributed by atoms with E-state index in [2.05, 4.69) is 6.92 Å². The van der Waals surface area contributed by atoms with Crippen molar-refractivity contribution < 1.29 is 23.0 Å². The lowest BCUT2D eigenvalue weighted by molar-refractivity contribution is -0.0696. The Morgan fingerprint density at radius 3 is 2.42 bits per heavy atom. The molecule has 2 nitrogen and oxygen atoms in total. The summed E-state index contributed by atoms with van der Waals surface area (Å²) in [7, 11) is 0. The van der Waals surface area contributed by atoms with Crippen LogP contribution in [0.3, 0.4) is 0 Å². The van der Waals surface area contributed by atoms with Gasteiger partial charge in [0.25, 0.3) is 0 Å². The van der Waals surface area contributed by atoms with Crippen LogP contribution in [0.5, 0.6) is 0 Å². The second-order valence-electron chi connectivity index (χ2n) is 7.63. The van der Waals surface area contributed by atoms with Crippen LogP contribution in [0.1, 0.15) is 64.7 Å². The van der Waals surface area contributed by atoms with Gasteiger partial charge in [0.05, 0.1) is 6.10 Å². The highest BCUT2D eigenvalue weighted by Gasteiger charge is 2.45. The quantitative estimate of drug-likeness (QED) is 0.638. The van der Waals surface area contributed by atoms with Gasteiger partial charge in [0, 0.05) is 19.1 Å². The fraction of sp³-hybridized carbons (Fsp3) is 1.00. The summed E-state index contributed by atoms with van der Waals surface area (Å²) in [6, 6.07) is 0. The SMILES string of the molecule is CCCCCCOC1CCC(C2CCC(CO)C(F)C2F)CC1F. The molecule has 7 unspecified atom stereocenters. The number of aliphatic hydroxyl groups is 1. The van der Waals surface area contributed by atoms with Crippen LogP contribution in [-0.2, 0) is 4.74 Å². The summed E-state index contributed by atoms with van der Waals surface area (Å²) in [6.07, 6.45) is 2.40. The van der Waals surface area contributed by atoms with Crippen LogP contribution in [0.25, 0.3) is 0 Å². The van der Waals surface area contributed by atoms with Gasteiger partial charge in [-0.05, 0) is 50.4 Å². The van der Waals surface area contributed by atoms with Gasteiger partial charge in [-0.25, -0.2) is 13.2 Å². The van der Waals surface area contributed by atoms with Crippen molar-refractivity contribution in [3.05, 3.63) is 0 Å². The number of aliphatic hydroxyl groups excluding tert-OH is 1. The summed E-state index contributed by atoms with van der Waals surface area (Å²) in [6.45, 7) is 2.43. The van der Waals surface area contributed by atoms with Crippen molar-refractivity contribution in [3.63, 3.8) is 0 Å². The third-order valence-electron chi connectivity index (χ3n) is 5.96. The summed E-state index contributed by atoms with van der Waals surface area (Å²) in [5.74, 6) is -1.11. The van der Waals surface area contributed by atoms with E-state index in [1.165, 1.54) is 6.42 Å². The Morgan fingerprint density at radius 1 is 0.958 bits per heavy atom. The molecule has 0 saturated heterocycles. The number of alkyl halides is 3. The summed E-state index contributed by atoms with van der Waals surface area (Å²) in [4.78, 5) is 0. The number of hydrogen-bond acceptors (Lipinski definition) is 2. The normalized spacial score (nSPS) is 40.6. The third-order valence-corrected chi connectivity index (χ3v) is 5.96. The fourth-order valence-corrected chi connectivity index (χ4v) is 4.37. The molecule has 0 heterocycles. The zero-order chi connectivity index (χ0) is 17.5. The van der Waals surface area contributed by atoms with Crippen molar-refractivity contribution in [2.24, 2.45) is 17.8 Å². The minimum absolute atomic E-state index is 0.104. The highest BCUT2D eigenvalue weighted by atomic mass is 19.2. The number of hydrogen-bond donors (Lipinski definition) is 1. The maximum absolute atomic E-state index is 14.4. The van der Waals surface area contributed by atoms with Gasteiger partial charge in [-0.2, -0.15) is 0 Å². The highest BCUT2D eigenvalue weighted by molar-refractivity contribution is 4.94. The van der Waals surface area contributed by atoms with Crippen molar-refractivity contribution in [2.45, 2.75) is 89.3 Å². The molecule has 0 aromatic rings. The largest absolute Gasteiger partial charge is 0.396 e. The van der Waals surface area contributed by atoms with E-state index in [0.29, 0.717) is 32.3 Å². The van der Waals surface area contributed by atoms with Gasteiger partial charge < -0.3 is 9.84 Å². The molecule has 142 valence electrons. The molecule has 0 bridgehead atoms. The van der Waals surface area contributed by atoms with E-state index >= 15 is 0 Å². The van der Waals surface area contributed by atoms with Crippen LogP contribution in [0.4, 0.5) is 13.2 Å². The molecule has 2 fully saturated rings. The first-order chi connectivity index (χ1) is 11.6. The first kappa shape index (κ1) is 20.0. The lowest BCUT2D eigenvalue weighted by Crippen LogP contribution is -2.45. The Kier molecular flexibility index (Phi) is 8.35. The third kappa shape index (κ3) is 5.10. The Morgan fingerprint density at radius 2 is 1.75 bits per heavy atom. The van der Waals surface area contributed by atoms with Crippen LogP contribution in [0.2, 0.25) is 0 Å². The lowest BCUT2D eigenvalue weighted by atomic mass is 9.68. The molecular formula is C19H33F3O2. The second kappa shape index (κ2) is 10.0. The average molecular weight is 350 g/mol. The van der Waals surface area contributed by atoms with Gasteiger partial charge in [0.2, 0.25) is 0 Å². The van der Waals surface area contributed by atoms with E-state index in [0.717, 1.165) is 19.3 Å². The Hall–Kier alpha value is -0.290. The van der Waals surface area contributed by atoms with Gasteiger partial charge >= 0.3 is 0 Å². The molecule has 1 N–H and O–H groups in total. The molecule has 0 aliphatic heterocycles. The number of halogens is 3. The molecule has 0 aromatic carbocycles. The van der Waals surface area contributed by atoms with Gasteiger partial charge in [0.1, 0.15) is 18.5 Å². The topological polar surface area (TPSA) is 29.5 Å². The van der Waals surface area contributed by atoms with Crippen LogP contribution < -0.4 is 0 Å². The van der Waals surface area contributed by atoms with E-state index in [9.17, 15) is 13.2 Å². The molecule has 2 saturated carbocycles. The Bertz CT molecular complexity index is 356. The van der Waals surface area contributed by atoms with Gasteiger partial charge in [0.15, 0.2) is 0 Å². The van der Waals surface area contributed by atoms with Crippen molar-refractivity contribution >= 4 is 0 Å². The molecule has 2 rings (SSSR count). The van der Waals surface area contributed by atoms with Crippen molar-refractivity contribution in [1.82, 2.24) is 0 Å². The predicted octanol–water partition coefficient (Wildman–Crippen LogP) is 4.78. The van der Waals surface area contributed by atoms with E-state index in [1.807, 2.05) is 0 Å². The van der Waals surface area contributed by atoms with Crippen LogP contribution in [0.15, 0.2) is 0 Å². The molecule has 24 heavy (non-hydrogen) atoms. The number of rotatable bonds is 8. The molecule has 0 amide bonds. The maximum atomic E-state index is 14.4. The van der Waals surface area contributed by atoms with Crippen LogP contribution >= 0.6 is 0 Å². The van der Waals surface area contributed by atoms with Crippen molar-refractivity contribution in [2.75, 3.05) is 13.2 Å². The van der Waals surface area contributed by atoms with E-state index < -0.39 is 30.4 Å². The summed E-state index contributed by atoms with van der Waals surface area (Å²) in [5, 5.41) is 9.11. The molecule has 2 aliphatic rings. The summed E-state index contributed by atoms with van der Waals surface area (Å²) < 4.78 is 48.5. The highest BCUT2D eigenvalue weighted by Crippen LogP contribution is 2.43. The first-order valence-corrected chi connectivity index (χ1v) is 9.73. The molecule has 0 spiro atoms.